The van der Waals surface area contributed by atoms with Gasteiger partial charge in [-0.1, -0.05) is 34.8 Å². The van der Waals surface area contributed by atoms with E-state index in [0.717, 1.165) is 0 Å². The first kappa shape index (κ1) is 21.2. The third-order valence-corrected chi connectivity index (χ3v) is 2.23. The van der Waals surface area contributed by atoms with Crippen molar-refractivity contribution < 1.29 is 19.4 Å². The molecular weight excluding hydrogens is 342 g/mol. The summed E-state index contributed by atoms with van der Waals surface area (Å²) < 4.78 is 2.83. The van der Waals surface area contributed by atoms with Crippen LogP contribution in [0.25, 0.3) is 0 Å². The molecule has 19 heavy (non-hydrogen) atoms. The first-order valence-electron chi connectivity index (χ1n) is 5.19. The summed E-state index contributed by atoms with van der Waals surface area (Å²) in [4.78, 5) is 22.1. The smallest absolute Gasteiger partial charge is 0.407 e. The van der Waals surface area contributed by atoms with Crippen molar-refractivity contribution in [3.8, 4) is 0 Å². The van der Waals surface area contributed by atoms with Crippen LogP contribution in [0.2, 0.25) is 0 Å². The third-order valence-electron chi connectivity index (χ3n) is 1.90. The van der Waals surface area contributed by atoms with Crippen molar-refractivity contribution in [3.63, 3.8) is 0 Å². The molecule has 0 saturated heterocycles. The highest BCUT2D eigenvalue weighted by molar-refractivity contribution is 6.67. The Morgan fingerprint density at radius 3 is 2.32 bits per heavy atom. The monoisotopic (exact) mass is 356 g/mol. The van der Waals surface area contributed by atoms with Crippen molar-refractivity contribution >= 4 is 59.3 Å². The Morgan fingerprint density at radius 2 is 1.89 bits per heavy atom. The summed E-state index contributed by atoms with van der Waals surface area (Å²) in [5.74, 6) is -1.15. The van der Waals surface area contributed by atoms with Crippen molar-refractivity contribution in [2.75, 3.05) is 13.2 Å². The van der Waals surface area contributed by atoms with Gasteiger partial charge in [-0.05, 0) is 25.8 Å². The van der Waals surface area contributed by atoms with E-state index in [4.69, 9.17) is 45.6 Å². The Bertz CT molecular complexity index is 286. The zero-order valence-electron chi connectivity index (χ0n) is 9.90. The van der Waals surface area contributed by atoms with Crippen LogP contribution < -0.4 is 11.1 Å². The van der Waals surface area contributed by atoms with Crippen LogP contribution in [0.4, 0.5) is 4.79 Å². The normalized spacial score (nSPS) is 12.2. The van der Waals surface area contributed by atoms with E-state index in [9.17, 15) is 9.59 Å². The summed E-state index contributed by atoms with van der Waals surface area (Å²) in [6, 6.07) is -1.04. The number of hydrogen-bond acceptors (Lipinski definition) is 4. The van der Waals surface area contributed by atoms with Gasteiger partial charge in [0.2, 0.25) is 3.79 Å². The van der Waals surface area contributed by atoms with E-state index < -0.39 is 28.5 Å². The summed E-state index contributed by atoms with van der Waals surface area (Å²) in [6.07, 6.45) is 0.573. The van der Waals surface area contributed by atoms with E-state index in [1.807, 2.05) is 0 Å². The lowest BCUT2D eigenvalue weighted by Crippen LogP contribution is -2.41. The minimum absolute atomic E-state index is 0. The van der Waals surface area contributed by atoms with E-state index >= 15 is 0 Å². The summed E-state index contributed by atoms with van der Waals surface area (Å²) in [7, 11) is 0. The van der Waals surface area contributed by atoms with E-state index in [-0.39, 0.29) is 18.8 Å². The largest absolute Gasteiger partial charge is 0.480 e. The number of ether oxygens (including phenoxy) is 1. The molecule has 0 unspecified atom stereocenters. The second-order valence-corrected chi connectivity index (χ2v) is 6.03. The topological polar surface area (TPSA) is 102 Å². The average Bonchev–Trinajstić information content (AvgIpc) is 2.24. The number of nitrogens with two attached hydrogens (primary N) is 1. The highest BCUT2D eigenvalue weighted by atomic mass is 35.6. The molecule has 0 radical (unpaired) electrons. The van der Waals surface area contributed by atoms with Crippen molar-refractivity contribution in [3.05, 3.63) is 0 Å². The van der Waals surface area contributed by atoms with Gasteiger partial charge in [-0.15, -0.1) is 12.4 Å². The molecule has 0 saturated carbocycles. The molecule has 0 fully saturated rings. The number of alkyl carbamates (subject to hydrolysis) is 1. The van der Waals surface area contributed by atoms with Crippen molar-refractivity contribution in [2.24, 2.45) is 5.73 Å². The number of carboxylic acid groups (broad SMARTS) is 1. The maximum Gasteiger partial charge on any atom is 0.407 e. The lowest BCUT2D eigenvalue weighted by atomic mass is 10.1. The molecule has 0 aliphatic carbocycles. The lowest BCUT2D eigenvalue weighted by Gasteiger charge is -2.16. The standard InChI is InChI=1S/C9H15Cl3N2O4.ClH/c10-9(11,12)5-18-8(17)14-6(7(15)16)3-1-2-4-13;/h6H,1-5,13H2,(H,14,17)(H,15,16);1H/t6-;/m0./s1. The van der Waals surface area contributed by atoms with Crippen molar-refractivity contribution in [1.29, 1.82) is 0 Å². The molecule has 1 amide bonds. The van der Waals surface area contributed by atoms with Gasteiger partial charge in [-0.25, -0.2) is 9.59 Å². The molecule has 0 aliphatic rings. The lowest BCUT2D eigenvalue weighted by molar-refractivity contribution is -0.139. The molecule has 0 aromatic rings. The Hall–Kier alpha value is -0.140. The van der Waals surface area contributed by atoms with Gasteiger partial charge in [0.1, 0.15) is 12.6 Å². The first-order chi connectivity index (χ1) is 8.26. The number of amides is 1. The van der Waals surface area contributed by atoms with Crippen LogP contribution in [-0.4, -0.2) is 40.2 Å². The molecule has 10 heteroatoms. The quantitative estimate of drug-likeness (QED) is 0.478. The minimum Gasteiger partial charge on any atom is -0.480 e. The van der Waals surface area contributed by atoms with Crippen LogP contribution in [0.1, 0.15) is 19.3 Å². The van der Waals surface area contributed by atoms with Crippen LogP contribution in [-0.2, 0) is 9.53 Å². The molecule has 114 valence electrons. The molecule has 1 atom stereocenters. The molecule has 0 spiro atoms. The molecular formula is C9H16Cl4N2O4. The van der Waals surface area contributed by atoms with E-state index in [1.165, 1.54) is 0 Å². The van der Waals surface area contributed by atoms with Gasteiger partial charge in [0.15, 0.2) is 0 Å². The Labute approximate surface area is 132 Å². The molecule has 0 aromatic carbocycles. The average molecular weight is 358 g/mol. The number of unbranched alkanes of at least 4 members (excludes halogenated alkanes) is 1. The highest BCUT2D eigenvalue weighted by Gasteiger charge is 2.24. The molecule has 0 aliphatic heterocycles. The fourth-order valence-electron chi connectivity index (χ4n) is 1.08. The Morgan fingerprint density at radius 1 is 1.32 bits per heavy atom. The molecule has 0 bridgehead atoms. The Balaban J connectivity index is 0. The van der Waals surface area contributed by atoms with Gasteiger partial charge in [0.05, 0.1) is 0 Å². The van der Waals surface area contributed by atoms with Crippen molar-refractivity contribution in [2.45, 2.75) is 29.1 Å². The zero-order valence-corrected chi connectivity index (χ0v) is 13.0. The fourth-order valence-corrected chi connectivity index (χ4v) is 1.25. The second-order valence-electron chi connectivity index (χ2n) is 3.51. The van der Waals surface area contributed by atoms with Crippen LogP contribution in [0.15, 0.2) is 0 Å². The molecule has 4 N–H and O–H groups in total. The van der Waals surface area contributed by atoms with E-state index in [0.29, 0.717) is 19.4 Å². The predicted molar refractivity (Wildman–Crippen MR) is 76.4 cm³/mol. The summed E-state index contributed by atoms with van der Waals surface area (Å²) >= 11 is 16.1. The third kappa shape index (κ3) is 12.6. The maximum atomic E-state index is 11.2. The van der Waals surface area contributed by atoms with Gasteiger partial charge in [-0.2, -0.15) is 0 Å². The van der Waals surface area contributed by atoms with Crippen LogP contribution in [0.5, 0.6) is 0 Å². The fraction of sp³-hybridized carbons (Fsp3) is 0.778. The van der Waals surface area contributed by atoms with Gasteiger partial charge in [-0.3, -0.25) is 0 Å². The van der Waals surface area contributed by atoms with Crippen LogP contribution in [0, 0.1) is 0 Å². The zero-order chi connectivity index (χ0) is 14.2. The van der Waals surface area contributed by atoms with Crippen LogP contribution in [0.3, 0.4) is 0 Å². The molecule has 0 heterocycles. The number of carbonyl (C=O) groups excluding carboxylic acids is 1. The number of rotatable bonds is 7. The van der Waals surface area contributed by atoms with E-state index in [2.05, 4.69) is 10.1 Å². The number of nitrogens with one attached hydrogen (secondary N) is 1. The number of alkyl halides is 3. The molecule has 0 rings (SSSR count). The number of halogens is 4. The summed E-state index contributed by atoms with van der Waals surface area (Å²) in [5.41, 5.74) is 5.28. The van der Waals surface area contributed by atoms with Gasteiger partial charge in [0, 0.05) is 0 Å². The number of carboxylic acids is 1. The maximum absolute atomic E-state index is 11.2. The molecule has 6 nitrogen and oxygen atoms in total. The van der Waals surface area contributed by atoms with Gasteiger partial charge in [0.25, 0.3) is 0 Å². The van der Waals surface area contributed by atoms with Crippen LogP contribution >= 0.6 is 47.2 Å². The summed E-state index contributed by atoms with van der Waals surface area (Å²) in [6.45, 7) is 0.00267. The van der Waals surface area contributed by atoms with E-state index in [1.54, 1.807) is 0 Å². The number of hydrogen-bond donors (Lipinski definition) is 3. The van der Waals surface area contributed by atoms with Gasteiger partial charge >= 0.3 is 12.1 Å². The van der Waals surface area contributed by atoms with Crippen molar-refractivity contribution in [1.82, 2.24) is 5.32 Å². The minimum atomic E-state index is -1.73. The SMILES string of the molecule is Cl.NCCCC[C@H](NC(=O)OCC(Cl)(Cl)Cl)C(=O)O. The first-order valence-corrected chi connectivity index (χ1v) is 6.32. The number of carbonyl (C=O) groups is 2. The highest BCUT2D eigenvalue weighted by Crippen LogP contribution is 2.25. The molecule has 0 aromatic heterocycles. The second kappa shape index (κ2) is 10.6. The number of aliphatic carboxylic acids is 1. The Kier molecular flexibility index (Phi) is 11.8. The summed E-state index contributed by atoms with van der Waals surface area (Å²) in [5, 5.41) is 11.0. The van der Waals surface area contributed by atoms with Gasteiger partial charge < -0.3 is 20.9 Å². The predicted octanol–water partition coefficient (Wildman–Crippen LogP) is 2.09.